The molecule has 0 radical (unpaired) electrons. The van der Waals surface area contributed by atoms with Crippen LogP contribution >= 0.6 is 0 Å². The van der Waals surface area contributed by atoms with Gasteiger partial charge in [-0.25, -0.2) is 0 Å². The molecule has 0 atom stereocenters. The molecule has 0 amide bonds. The zero-order valence-corrected chi connectivity index (χ0v) is 11.3. The molecule has 1 fully saturated rings. The second-order valence-electron chi connectivity index (χ2n) is 6.86. The summed E-state index contributed by atoms with van der Waals surface area (Å²) in [4.78, 5) is 0. The minimum atomic E-state index is 0.404. The van der Waals surface area contributed by atoms with Crippen molar-refractivity contribution in [1.29, 1.82) is 0 Å². The van der Waals surface area contributed by atoms with Gasteiger partial charge in [0.05, 0.1) is 0 Å². The van der Waals surface area contributed by atoms with E-state index in [0.717, 1.165) is 5.82 Å². The third-order valence-electron chi connectivity index (χ3n) is 3.48. The van der Waals surface area contributed by atoms with Crippen LogP contribution in [0.25, 0.3) is 0 Å². The van der Waals surface area contributed by atoms with Gasteiger partial charge in [0.1, 0.15) is 5.82 Å². The summed E-state index contributed by atoms with van der Waals surface area (Å²) in [6.07, 6.45) is 5.40. The third kappa shape index (κ3) is 3.42. The second-order valence-corrected chi connectivity index (χ2v) is 6.86. The fourth-order valence-corrected chi connectivity index (χ4v) is 3.54. The summed E-state index contributed by atoms with van der Waals surface area (Å²) in [5.74, 6) is 0.894. The molecular weight excluding hydrogens is 210 g/mol. The van der Waals surface area contributed by atoms with Crippen molar-refractivity contribution in [1.82, 2.24) is 10.2 Å². The minimum absolute atomic E-state index is 0.404. The fourth-order valence-electron chi connectivity index (χ4n) is 3.54. The van der Waals surface area contributed by atoms with E-state index in [0.29, 0.717) is 16.9 Å². The van der Waals surface area contributed by atoms with E-state index < -0.39 is 0 Å². The van der Waals surface area contributed by atoms with Gasteiger partial charge in [0.15, 0.2) is 0 Å². The molecule has 17 heavy (non-hydrogen) atoms. The van der Waals surface area contributed by atoms with E-state index in [2.05, 4.69) is 43.2 Å². The van der Waals surface area contributed by atoms with E-state index >= 15 is 0 Å². The fraction of sp³-hybridized carbons (Fsp3) is 0.714. The molecule has 1 saturated carbocycles. The SMILES string of the molecule is CC1(C)CC(Nc2cccnn2)CC(C)(C)C1. The van der Waals surface area contributed by atoms with Crippen molar-refractivity contribution in [2.24, 2.45) is 10.8 Å². The Morgan fingerprint density at radius 2 is 1.82 bits per heavy atom. The molecule has 1 N–H and O–H groups in total. The van der Waals surface area contributed by atoms with Crippen molar-refractivity contribution in [3.05, 3.63) is 18.3 Å². The highest BCUT2D eigenvalue weighted by Crippen LogP contribution is 2.46. The van der Waals surface area contributed by atoms with E-state index in [4.69, 9.17) is 0 Å². The summed E-state index contributed by atoms with van der Waals surface area (Å²) >= 11 is 0. The first kappa shape index (κ1) is 12.3. The quantitative estimate of drug-likeness (QED) is 0.849. The van der Waals surface area contributed by atoms with Gasteiger partial charge in [0.2, 0.25) is 0 Å². The third-order valence-corrected chi connectivity index (χ3v) is 3.48. The summed E-state index contributed by atoms with van der Waals surface area (Å²) in [7, 11) is 0. The molecule has 0 spiro atoms. The number of nitrogens with one attached hydrogen (secondary N) is 1. The summed E-state index contributed by atoms with van der Waals surface area (Å²) in [5.41, 5.74) is 0.809. The molecule has 3 nitrogen and oxygen atoms in total. The van der Waals surface area contributed by atoms with Gasteiger partial charge in [-0.05, 0) is 42.2 Å². The molecule has 1 aliphatic rings. The number of nitrogens with zero attached hydrogens (tertiary/aromatic N) is 2. The van der Waals surface area contributed by atoms with Crippen LogP contribution in [0.3, 0.4) is 0 Å². The van der Waals surface area contributed by atoms with Crippen molar-refractivity contribution in [2.45, 2.75) is 53.0 Å². The van der Waals surface area contributed by atoms with Gasteiger partial charge >= 0.3 is 0 Å². The summed E-state index contributed by atoms with van der Waals surface area (Å²) in [6.45, 7) is 9.44. The van der Waals surface area contributed by atoms with Crippen LogP contribution in [-0.2, 0) is 0 Å². The van der Waals surface area contributed by atoms with Gasteiger partial charge in [0, 0.05) is 12.2 Å². The summed E-state index contributed by atoms with van der Waals surface area (Å²) in [5, 5.41) is 11.5. The first-order valence-corrected chi connectivity index (χ1v) is 6.41. The van der Waals surface area contributed by atoms with Gasteiger partial charge in [-0.1, -0.05) is 27.7 Å². The van der Waals surface area contributed by atoms with Crippen LogP contribution in [0.2, 0.25) is 0 Å². The minimum Gasteiger partial charge on any atom is -0.366 e. The van der Waals surface area contributed by atoms with Gasteiger partial charge in [-0.15, -0.1) is 5.10 Å². The Morgan fingerprint density at radius 3 is 2.35 bits per heavy atom. The standard InChI is InChI=1S/C14H23N3/c1-13(2)8-11(9-14(3,4)10-13)16-12-6-5-7-15-17-12/h5-7,11H,8-10H2,1-4H3,(H,16,17). The predicted octanol–water partition coefficient (Wildman–Crippen LogP) is 3.49. The van der Waals surface area contributed by atoms with E-state index in [1.807, 2.05) is 12.1 Å². The van der Waals surface area contributed by atoms with Crippen LogP contribution in [-0.4, -0.2) is 16.2 Å². The van der Waals surface area contributed by atoms with Crippen molar-refractivity contribution < 1.29 is 0 Å². The summed E-state index contributed by atoms with van der Waals surface area (Å²) < 4.78 is 0. The predicted molar refractivity (Wildman–Crippen MR) is 70.9 cm³/mol. The molecule has 1 heterocycles. The number of rotatable bonds is 2. The largest absolute Gasteiger partial charge is 0.366 e. The average molecular weight is 233 g/mol. The molecule has 0 bridgehead atoms. The second kappa shape index (κ2) is 4.28. The molecule has 0 unspecified atom stereocenters. The Hall–Kier alpha value is -1.12. The lowest BCUT2D eigenvalue weighted by molar-refractivity contribution is 0.105. The van der Waals surface area contributed by atoms with E-state index in [9.17, 15) is 0 Å². The van der Waals surface area contributed by atoms with Crippen LogP contribution in [0.5, 0.6) is 0 Å². The maximum absolute atomic E-state index is 4.11. The van der Waals surface area contributed by atoms with Gasteiger partial charge in [-0.2, -0.15) is 5.10 Å². The smallest absolute Gasteiger partial charge is 0.148 e. The highest BCUT2D eigenvalue weighted by atomic mass is 15.2. The molecule has 0 aromatic carbocycles. The monoisotopic (exact) mass is 233 g/mol. The summed E-state index contributed by atoms with van der Waals surface area (Å²) in [6, 6.07) is 4.42. The van der Waals surface area contributed by atoms with Crippen LogP contribution in [0, 0.1) is 10.8 Å². The van der Waals surface area contributed by atoms with Crippen LogP contribution < -0.4 is 5.32 Å². The Balaban J connectivity index is 2.06. The maximum atomic E-state index is 4.11. The molecule has 1 aliphatic carbocycles. The molecule has 1 aromatic heterocycles. The molecule has 0 aliphatic heterocycles. The molecule has 3 heteroatoms. The van der Waals surface area contributed by atoms with E-state index in [1.54, 1.807) is 6.20 Å². The lowest BCUT2D eigenvalue weighted by atomic mass is 9.63. The molecule has 2 rings (SSSR count). The van der Waals surface area contributed by atoms with Crippen LogP contribution in [0.4, 0.5) is 5.82 Å². The molecule has 94 valence electrons. The Bertz CT molecular complexity index is 354. The topological polar surface area (TPSA) is 37.8 Å². The van der Waals surface area contributed by atoms with E-state index in [1.165, 1.54) is 19.3 Å². The average Bonchev–Trinajstić information content (AvgIpc) is 2.13. The van der Waals surface area contributed by atoms with Crippen LogP contribution in [0.1, 0.15) is 47.0 Å². The molecule has 1 aromatic rings. The Kier molecular flexibility index (Phi) is 3.11. The highest BCUT2D eigenvalue weighted by molar-refractivity contribution is 5.33. The van der Waals surface area contributed by atoms with Crippen molar-refractivity contribution in [3.8, 4) is 0 Å². The highest BCUT2D eigenvalue weighted by Gasteiger charge is 2.38. The molecule has 0 saturated heterocycles. The zero-order valence-electron chi connectivity index (χ0n) is 11.3. The van der Waals surface area contributed by atoms with Gasteiger partial charge in [0.25, 0.3) is 0 Å². The Labute approximate surface area is 104 Å². The van der Waals surface area contributed by atoms with Crippen molar-refractivity contribution in [2.75, 3.05) is 5.32 Å². The van der Waals surface area contributed by atoms with Crippen LogP contribution in [0.15, 0.2) is 18.3 Å². The number of anilines is 1. The van der Waals surface area contributed by atoms with E-state index in [-0.39, 0.29) is 0 Å². The lowest BCUT2D eigenvalue weighted by Gasteiger charge is -2.45. The van der Waals surface area contributed by atoms with Gasteiger partial charge in [-0.3, -0.25) is 0 Å². The normalized spacial score (nSPS) is 23.3. The number of aromatic nitrogens is 2. The number of hydrogen-bond donors (Lipinski definition) is 1. The maximum Gasteiger partial charge on any atom is 0.148 e. The first-order chi connectivity index (χ1) is 7.86. The first-order valence-electron chi connectivity index (χ1n) is 6.41. The lowest BCUT2D eigenvalue weighted by Crippen LogP contribution is -2.40. The van der Waals surface area contributed by atoms with Gasteiger partial charge < -0.3 is 5.32 Å². The molecular formula is C14H23N3. The number of hydrogen-bond acceptors (Lipinski definition) is 3. The van der Waals surface area contributed by atoms with Crippen molar-refractivity contribution in [3.63, 3.8) is 0 Å². The van der Waals surface area contributed by atoms with Crippen molar-refractivity contribution >= 4 is 5.82 Å². The Morgan fingerprint density at radius 1 is 1.18 bits per heavy atom. The zero-order chi connectivity index (χ0) is 12.5.